The number of hydrogen-bond donors (Lipinski definition) is 7. The molecule has 14 heteroatoms. The molecule has 1 saturated heterocycles. The lowest BCUT2D eigenvalue weighted by molar-refractivity contribution is -0.148. The summed E-state index contributed by atoms with van der Waals surface area (Å²) in [6, 6.07) is 0.314. The molecule has 1 fully saturated rings. The second-order valence-corrected chi connectivity index (χ2v) is 7.63. The zero-order valence-corrected chi connectivity index (χ0v) is 17.7. The van der Waals surface area contributed by atoms with Crippen molar-refractivity contribution in [2.24, 2.45) is 0 Å². The number of likely N-dealkylation sites (tertiary alicyclic amines) is 1. The number of benzene rings is 1. The van der Waals surface area contributed by atoms with Crippen LogP contribution in [0.25, 0.3) is 0 Å². The van der Waals surface area contributed by atoms with Gasteiger partial charge in [0.1, 0.15) is 29.2 Å². The summed E-state index contributed by atoms with van der Waals surface area (Å²) in [6.07, 6.45) is -1.36. The van der Waals surface area contributed by atoms with Gasteiger partial charge in [0.05, 0.1) is 25.6 Å². The number of phenols is 1. The normalized spacial score (nSPS) is 15.3. The Labute approximate surface area is 188 Å². The molecule has 1 aliphatic rings. The minimum absolute atomic E-state index is 0.0277. The van der Waals surface area contributed by atoms with Crippen LogP contribution >= 0.6 is 0 Å². The van der Waals surface area contributed by atoms with E-state index in [0.717, 1.165) is 0 Å². The van der Waals surface area contributed by atoms with Crippen molar-refractivity contribution in [1.82, 2.24) is 10.2 Å². The molecular formula is C19H25BN2O11. The first-order chi connectivity index (χ1) is 15.4. The van der Waals surface area contributed by atoms with E-state index in [0.29, 0.717) is 0 Å². The summed E-state index contributed by atoms with van der Waals surface area (Å²) in [6.45, 7) is 1.54. The number of aliphatic carboxylic acids is 2. The Bertz CT molecular complexity index is 917. The van der Waals surface area contributed by atoms with E-state index in [1.165, 1.54) is 24.0 Å². The molecule has 33 heavy (non-hydrogen) atoms. The summed E-state index contributed by atoms with van der Waals surface area (Å²) in [5.74, 6) is -5.33. The number of carbonyl (C=O) groups is 4. The maximum Gasteiger partial charge on any atom is 0.451 e. The molecule has 0 bridgehead atoms. The minimum Gasteiger partial charge on any atom is -0.507 e. The summed E-state index contributed by atoms with van der Waals surface area (Å²) in [4.78, 5) is 47.3. The highest BCUT2D eigenvalue weighted by Gasteiger charge is 2.37. The highest BCUT2D eigenvalue weighted by molar-refractivity contribution is 6.41. The minimum atomic E-state index is -1.61. The summed E-state index contributed by atoms with van der Waals surface area (Å²) in [7, 11) is -1.61. The van der Waals surface area contributed by atoms with Crippen LogP contribution in [0.2, 0.25) is 6.32 Å². The van der Waals surface area contributed by atoms with E-state index >= 15 is 0 Å². The van der Waals surface area contributed by atoms with Crippen molar-refractivity contribution in [3.05, 3.63) is 23.3 Å². The largest absolute Gasteiger partial charge is 0.507 e. The Kier molecular flexibility index (Phi) is 8.62. The van der Waals surface area contributed by atoms with Crippen molar-refractivity contribution in [1.29, 1.82) is 0 Å². The molecule has 0 saturated carbocycles. The number of carbonyl (C=O) groups excluding carboxylic acids is 1. The van der Waals surface area contributed by atoms with Crippen LogP contribution in [0.5, 0.6) is 11.5 Å². The van der Waals surface area contributed by atoms with Gasteiger partial charge in [0.15, 0.2) is 0 Å². The molecule has 2 atom stereocenters. The number of aromatic hydroxyl groups is 1. The lowest BCUT2D eigenvalue weighted by Gasteiger charge is -2.40. The van der Waals surface area contributed by atoms with Crippen molar-refractivity contribution >= 4 is 30.9 Å². The van der Waals surface area contributed by atoms with Crippen LogP contribution in [0.4, 0.5) is 0 Å². The van der Waals surface area contributed by atoms with Crippen molar-refractivity contribution in [3.8, 4) is 11.5 Å². The molecule has 2 rings (SSSR count). The van der Waals surface area contributed by atoms with Crippen LogP contribution in [0, 0.1) is 0 Å². The number of amides is 1. The van der Waals surface area contributed by atoms with Crippen molar-refractivity contribution in [2.75, 3.05) is 13.1 Å². The van der Waals surface area contributed by atoms with E-state index < -0.39 is 66.9 Å². The summed E-state index contributed by atoms with van der Waals surface area (Å²) < 4.78 is 5.61. The van der Waals surface area contributed by atoms with Gasteiger partial charge in [-0.2, -0.15) is 0 Å². The highest BCUT2D eigenvalue weighted by Crippen LogP contribution is 2.34. The molecule has 0 spiro atoms. The van der Waals surface area contributed by atoms with Crippen LogP contribution < -0.4 is 10.1 Å². The lowest BCUT2D eigenvalue weighted by atomic mass is 9.82. The molecule has 0 radical (unpaired) electrons. The van der Waals surface area contributed by atoms with Crippen LogP contribution in [0.3, 0.4) is 0 Å². The second-order valence-electron chi connectivity index (χ2n) is 7.63. The van der Waals surface area contributed by atoms with Gasteiger partial charge in [0, 0.05) is 0 Å². The van der Waals surface area contributed by atoms with Gasteiger partial charge in [-0.3, -0.25) is 19.7 Å². The third-order valence-corrected chi connectivity index (χ3v) is 5.06. The average Bonchev–Trinajstić information content (AvgIpc) is 2.67. The quantitative estimate of drug-likeness (QED) is 0.176. The van der Waals surface area contributed by atoms with E-state index in [9.17, 15) is 29.4 Å². The number of ether oxygens (including phenoxy) is 1. The first-order valence-electron chi connectivity index (χ1n) is 10.0. The summed E-state index contributed by atoms with van der Waals surface area (Å²) in [5.41, 5.74) is -0.287. The molecule has 180 valence electrons. The molecule has 13 nitrogen and oxygen atoms in total. The van der Waals surface area contributed by atoms with E-state index in [2.05, 4.69) is 5.32 Å². The molecule has 0 aliphatic carbocycles. The average molecular weight is 468 g/mol. The van der Waals surface area contributed by atoms with Gasteiger partial charge in [0.2, 0.25) is 5.91 Å². The zero-order chi connectivity index (χ0) is 24.9. The first kappa shape index (κ1) is 25.9. The van der Waals surface area contributed by atoms with Gasteiger partial charge < -0.3 is 40.1 Å². The molecule has 1 aromatic rings. The number of nitrogens with one attached hydrogen (secondary N) is 1. The number of aryl methyl sites for hydroxylation is 1. The predicted octanol–water partition coefficient (Wildman–Crippen LogP) is -1.40. The van der Waals surface area contributed by atoms with Crippen molar-refractivity contribution in [3.63, 3.8) is 0 Å². The maximum atomic E-state index is 12.5. The molecule has 1 aromatic carbocycles. The van der Waals surface area contributed by atoms with Crippen LogP contribution in [-0.2, 0) is 20.8 Å². The van der Waals surface area contributed by atoms with Crippen molar-refractivity contribution < 1.29 is 54.4 Å². The molecule has 0 aromatic heterocycles. The highest BCUT2D eigenvalue weighted by atomic mass is 16.5. The van der Waals surface area contributed by atoms with Crippen molar-refractivity contribution in [2.45, 2.75) is 44.3 Å². The Morgan fingerprint density at radius 3 is 2.33 bits per heavy atom. The fourth-order valence-electron chi connectivity index (χ4n) is 3.32. The third kappa shape index (κ3) is 6.81. The molecule has 0 unspecified atom stereocenters. The maximum absolute atomic E-state index is 12.5. The predicted molar refractivity (Wildman–Crippen MR) is 111 cm³/mol. The van der Waals surface area contributed by atoms with Gasteiger partial charge in [-0.05, 0) is 31.3 Å². The Balaban J connectivity index is 1.99. The first-order valence-corrected chi connectivity index (χ1v) is 10.0. The number of carboxylic acid groups (broad SMARTS) is 3. The number of hydrogen-bond acceptors (Lipinski definition) is 9. The van der Waals surface area contributed by atoms with E-state index in [1.54, 1.807) is 0 Å². The van der Waals surface area contributed by atoms with E-state index in [-0.39, 0.29) is 37.1 Å². The van der Waals surface area contributed by atoms with Crippen LogP contribution in [0.15, 0.2) is 12.1 Å². The van der Waals surface area contributed by atoms with E-state index in [1.807, 2.05) is 0 Å². The Morgan fingerprint density at radius 2 is 1.82 bits per heavy atom. The van der Waals surface area contributed by atoms with Crippen LogP contribution in [0.1, 0.15) is 29.3 Å². The number of carboxylic acids is 3. The zero-order valence-electron chi connectivity index (χ0n) is 17.7. The molecule has 1 aliphatic heterocycles. The standard InChI is InChI=1S/C19H25BN2O11/c1-9(21-12(18(27)28)6-14(23)24)17(26)22-7-11(8-22)33-13-3-2-10(4-5-20(31)32)16(25)15(13)19(29)30/h2-3,9,11-12,21,25,31-32H,4-8H2,1H3,(H,23,24)(H,27,28)(H,29,30)/t9-,12-/m1/s1. The third-order valence-electron chi connectivity index (χ3n) is 5.06. The lowest BCUT2D eigenvalue weighted by Crippen LogP contribution is -2.61. The molecule has 1 heterocycles. The number of rotatable bonds is 12. The van der Waals surface area contributed by atoms with Crippen LogP contribution in [-0.4, -0.2) is 97.6 Å². The monoisotopic (exact) mass is 468 g/mol. The Morgan fingerprint density at radius 1 is 1.18 bits per heavy atom. The molecule has 1 amide bonds. The van der Waals surface area contributed by atoms with E-state index in [4.69, 9.17) is 25.0 Å². The molecular weight excluding hydrogens is 443 g/mol. The molecule has 7 N–H and O–H groups in total. The van der Waals surface area contributed by atoms with Gasteiger partial charge in [0.25, 0.3) is 0 Å². The summed E-state index contributed by atoms with van der Waals surface area (Å²) in [5, 5.41) is 58.0. The number of nitrogens with zero attached hydrogens (tertiary/aromatic N) is 1. The van der Waals surface area contributed by atoms with Gasteiger partial charge in [-0.1, -0.05) is 6.07 Å². The fourth-order valence-corrected chi connectivity index (χ4v) is 3.32. The summed E-state index contributed by atoms with van der Waals surface area (Å²) >= 11 is 0. The smallest absolute Gasteiger partial charge is 0.451 e. The Hall–Kier alpha value is -3.36. The van der Waals surface area contributed by atoms with Gasteiger partial charge >= 0.3 is 25.0 Å². The van der Waals surface area contributed by atoms with Gasteiger partial charge in [-0.25, -0.2) is 4.79 Å². The topological polar surface area (TPSA) is 214 Å². The fraction of sp³-hybridized carbons (Fsp3) is 0.474. The second kappa shape index (κ2) is 11.0. The number of aromatic carboxylic acids is 1. The SMILES string of the molecule is C[C@@H](N[C@H](CC(=O)O)C(=O)O)C(=O)N1CC(Oc2ccc(CCB(O)O)c(O)c2C(=O)O)C1. The van der Waals surface area contributed by atoms with Gasteiger partial charge in [-0.15, -0.1) is 0 Å².